The van der Waals surface area contributed by atoms with E-state index in [9.17, 15) is 14.4 Å². The molecular formula is C28H28ClN3O4. The van der Waals surface area contributed by atoms with Crippen molar-refractivity contribution in [2.45, 2.75) is 39.0 Å². The van der Waals surface area contributed by atoms with E-state index in [1.165, 1.54) is 12.0 Å². The minimum Gasteiger partial charge on any atom is -0.466 e. The fraction of sp³-hybridized carbons (Fsp3) is 0.321. The molecule has 0 radical (unpaired) electrons. The molecule has 2 aliphatic heterocycles. The second kappa shape index (κ2) is 7.96. The Hall–Kier alpha value is -3.58. The second-order valence-electron chi connectivity index (χ2n) is 10.4. The molecule has 0 saturated heterocycles. The topological polar surface area (TPSA) is 92.9 Å². The van der Waals surface area contributed by atoms with Gasteiger partial charge < -0.3 is 15.4 Å². The van der Waals surface area contributed by atoms with Gasteiger partial charge in [-0.1, -0.05) is 49.7 Å². The van der Waals surface area contributed by atoms with Crippen LogP contribution in [0.2, 0.25) is 5.02 Å². The minimum atomic E-state index is -1.70. The lowest BCUT2D eigenvalue weighted by atomic mass is 9.60. The van der Waals surface area contributed by atoms with E-state index in [1.807, 2.05) is 39.0 Å². The number of ketones is 1. The van der Waals surface area contributed by atoms with Gasteiger partial charge in [0.1, 0.15) is 16.8 Å². The lowest BCUT2D eigenvalue weighted by molar-refractivity contribution is -0.138. The molecule has 1 spiro atoms. The summed E-state index contributed by atoms with van der Waals surface area (Å²) in [5.74, 6) is -1.33. The Morgan fingerprint density at radius 2 is 1.81 bits per heavy atom. The SMILES string of the molecule is COC(=O)C1=C(N)N(c2ccc(C)c(Cl)c2)C2=C(C(=O)CC(C)(C)C2)C12C(=O)N(C)c1ccccc12. The normalized spacial score (nSPS) is 22.8. The maximum Gasteiger partial charge on any atom is 0.339 e. The van der Waals surface area contributed by atoms with Crippen molar-refractivity contribution in [2.75, 3.05) is 24.0 Å². The van der Waals surface area contributed by atoms with Gasteiger partial charge in [0.05, 0.1) is 7.11 Å². The summed E-state index contributed by atoms with van der Waals surface area (Å²) in [6, 6.07) is 12.6. The summed E-state index contributed by atoms with van der Waals surface area (Å²) >= 11 is 6.48. The van der Waals surface area contributed by atoms with Crippen LogP contribution in [0.1, 0.15) is 37.8 Å². The second-order valence-corrected chi connectivity index (χ2v) is 10.8. The molecule has 186 valence electrons. The molecule has 0 fully saturated rings. The van der Waals surface area contributed by atoms with Crippen molar-refractivity contribution in [1.82, 2.24) is 0 Å². The number of anilines is 2. The molecule has 1 unspecified atom stereocenters. The Balaban J connectivity index is 1.94. The van der Waals surface area contributed by atoms with Crippen molar-refractivity contribution in [2.24, 2.45) is 11.1 Å². The molecule has 3 aliphatic rings. The highest BCUT2D eigenvalue weighted by atomic mass is 35.5. The van der Waals surface area contributed by atoms with Crippen LogP contribution in [0.5, 0.6) is 0 Å². The highest BCUT2D eigenvalue weighted by Crippen LogP contribution is 2.58. The average molecular weight is 506 g/mol. The number of ether oxygens (including phenoxy) is 1. The quantitative estimate of drug-likeness (QED) is 0.609. The average Bonchev–Trinajstić information content (AvgIpc) is 3.03. The first-order valence-corrected chi connectivity index (χ1v) is 12.1. The van der Waals surface area contributed by atoms with Crippen LogP contribution in [0.25, 0.3) is 0 Å². The Bertz CT molecular complexity index is 1420. The first-order chi connectivity index (χ1) is 17.0. The van der Waals surface area contributed by atoms with Crippen molar-refractivity contribution in [3.8, 4) is 0 Å². The minimum absolute atomic E-state index is 0.0458. The van der Waals surface area contributed by atoms with Crippen LogP contribution in [-0.2, 0) is 24.5 Å². The van der Waals surface area contributed by atoms with Crippen molar-refractivity contribution in [1.29, 1.82) is 0 Å². The molecule has 1 atom stereocenters. The Labute approximate surface area is 215 Å². The summed E-state index contributed by atoms with van der Waals surface area (Å²) in [6.07, 6.45) is 0.694. The van der Waals surface area contributed by atoms with Gasteiger partial charge in [0.2, 0.25) is 5.91 Å². The zero-order valence-electron chi connectivity index (χ0n) is 20.9. The van der Waals surface area contributed by atoms with Gasteiger partial charge in [-0.25, -0.2) is 4.79 Å². The number of allylic oxidation sites excluding steroid dienone is 1. The van der Waals surface area contributed by atoms with E-state index in [0.717, 1.165) is 5.56 Å². The summed E-state index contributed by atoms with van der Waals surface area (Å²) in [7, 11) is 2.89. The molecule has 0 saturated carbocycles. The molecule has 36 heavy (non-hydrogen) atoms. The summed E-state index contributed by atoms with van der Waals surface area (Å²) in [5, 5.41) is 0.519. The third-order valence-corrected chi connectivity index (χ3v) is 7.87. The number of carbonyl (C=O) groups excluding carboxylic acids is 3. The molecule has 2 aromatic carbocycles. The van der Waals surface area contributed by atoms with Crippen LogP contribution in [0, 0.1) is 12.3 Å². The van der Waals surface area contributed by atoms with Crippen molar-refractivity contribution >= 4 is 40.6 Å². The smallest absolute Gasteiger partial charge is 0.339 e. The van der Waals surface area contributed by atoms with E-state index in [1.54, 1.807) is 36.2 Å². The number of halogens is 1. The summed E-state index contributed by atoms with van der Waals surface area (Å²) in [4.78, 5) is 44.9. The van der Waals surface area contributed by atoms with Crippen molar-refractivity contribution in [3.63, 3.8) is 0 Å². The van der Waals surface area contributed by atoms with E-state index in [0.29, 0.717) is 34.1 Å². The largest absolute Gasteiger partial charge is 0.466 e. The number of hydrogen-bond donors (Lipinski definition) is 1. The number of methoxy groups -OCH3 is 1. The monoisotopic (exact) mass is 505 g/mol. The molecule has 5 rings (SSSR count). The maximum atomic E-state index is 14.2. The number of fused-ring (bicyclic) bond motifs is 3. The number of nitrogens with two attached hydrogens (primary N) is 1. The van der Waals surface area contributed by atoms with Crippen LogP contribution in [-0.4, -0.2) is 31.8 Å². The molecule has 7 nitrogen and oxygen atoms in total. The third kappa shape index (κ3) is 3.08. The van der Waals surface area contributed by atoms with Crippen LogP contribution in [0.4, 0.5) is 11.4 Å². The first-order valence-electron chi connectivity index (χ1n) is 11.7. The van der Waals surface area contributed by atoms with Crippen molar-refractivity contribution in [3.05, 3.63) is 81.3 Å². The number of para-hydroxylation sites is 1. The maximum absolute atomic E-state index is 14.2. The Morgan fingerprint density at radius 1 is 1.11 bits per heavy atom. The highest BCUT2D eigenvalue weighted by Gasteiger charge is 2.64. The van der Waals surface area contributed by atoms with Gasteiger partial charge in [-0.2, -0.15) is 0 Å². The van der Waals surface area contributed by atoms with Gasteiger partial charge in [0.15, 0.2) is 5.78 Å². The Kier molecular flexibility index (Phi) is 5.34. The van der Waals surface area contributed by atoms with Crippen LogP contribution in [0.3, 0.4) is 0 Å². The predicted octanol–water partition coefficient (Wildman–Crippen LogP) is 4.37. The van der Waals surface area contributed by atoms with Gasteiger partial charge >= 0.3 is 5.97 Å². The van der Waals surface area contributed by atoms with Gasteiger partial charge in [0, 0.05) is 46.7 Å². The number of likely N-dealkylation sites (N-methyl/N-ethyl adjacent to an activating group) is 1. The van der Waals surface area contributed by atoms with E-state index in [2.05, 4.69) is 0 Å². The third-order valence-electron chi connectivity index (χ3n) is 7.47. The molecule has 1 aliphatic carbocycles. The van der Waals surface area contributed by atoms with Gasteiger partial charge in [-0.05, 0) is 42.5 Å². The summed E-state index contributed by atoms with van der Waals surface area (Å²) in [6.45, 7) is 5.90. The molecular weight excluding hydrogens is 478 g/mol. The summed E-state index contributed by atoms with van der Waals surface area (Å²) in [5.41, 5.74) is 8.19. The molecule has 0 bridgehead atoms. The highest BCUT2D eigenvalue weighted by molar-refractivity contribution is 6.31. The first kappa shape index (κ1) is 24.1. The molecule has 1 amide bonds. The van der Waals surface area contributed by atoms with Crippen molar-refractivity contribution < 1.29 is 19.1 Å². The lowest BCUT2D eigenvalue weighted by Crippen LogP contribution is -2.55. The fourth-order valence-corrected chi connectivity index (χ4v) is 6.07. The zero-order valence-corrected chi connectivity index (χ0v) is 21.7. The zero-order chi connectivity index (χ0) is 26.2. The number of aryl methyl sites for hydroxylation is 1. The fourth-order valence-electron chi connectivity index (χ4n) is 5.90. The number of esters is 1. The van der Waals surface area contributed by atoms with Crippen LogP contribution >= 0.6 is 11.6 Å². The van der Waals surface area contributed by atoms with Crippen LogP contribution < -0.4 is 15.5 Å². The number of rotatable bonds is 2. The standard InChI is InChI=1S/C28H28ClN3O4/c1-15-10-11-16(12-18(15)29)32-20-13-27(2,3)14-21(33)22(20)28(23(24(32)30)25(34)36-5)17-8-6-7-9-19(17)31(4)26(28)35/h6-12H,13-14,30H2,1-5H3. The van der Waals surface area contributed by atoms with Gasteiger partial charge in [-0.3, -0.25) is 14.5 Å². The van der Waals surface area contributed by atoms with E-state index in [-0.39, 0.29) is 34.6 Å². The van der Waals surface area contributed by atoms with E-state index >= 15 is 0 Å². The number of hydrogen-bond acceptors (Lipinski definition) is 6. The molecule has 0 aromatic heterocycles. The number of Topliss-reactive ketones (excluding diaryl/α,β-unsaturated/α-hetero) is 1. The molecule has 2 heterocycles. The summed E-state index contributed by atoms with van der Waals surface area (Å²) < 4.78 is 5.19. The molecule has 8 heteroatoms. The van der Waals surface area contributed by atoms with Gasteiger partial charge in [0.25, 0.3) is 0 Å². The Morgan fingerprint density at radius 3 is 2.47 bits per heavy atom. The number of nitrogens with zero attached hydrogens (tertiary/aromatic N) is 2. The lowest BCUT2D eigenvalue weighted by Gasteiger charge is -2.47. The predicted molar refractivity (Wildman–Crippen MR) is 138 cm³/mol. The number of amides is 1. The molecule has 2 N–H and O–H groups in total. The van der Waals surface area contributed by atoms with Gasteiger partial charge in [-0.15, -0.1) is 0 Å². The number of carbonyl (C=O) groups is 3. The van der Waals surface area contributed by atoms with E-state index < -0.39 is 17.3 Å². The number of benzene rings is 2. The van der Waals surface area contributed by atoms with E-state index in [4.69, 9.17) is 22.1 Å². The van der Waals surface area contributed by atoms with Crippen LogP contribution in [0.15, 0.2) is 65.1 Å². The molecule has 2 aromatic rings.